The van der Waals surface area contributed by atoms with Gasteiger partial charge in [-0.15, -0.1) is 11.3 Å². The van der Waals surface area contributed by atoms with E-state index in [-0.39, 0.29) is 35.3 Å². The number of rotatable bonds is 5. The van der Waals surface area contributed by atoms with Crippen LogP contribution in [-0.2, 0) is 9.53 Å². The quantitative estimate of drug-likeness (QED) is 0.635. The van der Waals surface area contributed by atoms with E-state index in [1.54, 1.807) is 12.3 Å². The van der Waals surface area contributed by atoms with Crippen LogP contribution in [0.25, 0.3) is 0 Å². The number of allylic oxidation sites excluding steroid dienone is 2. The van der Waals surface area contributed by atoms with Crippen LogP contribution in [0, 0.1) is 0 Å². The minimum Gasteiger partial charge on any atom is -0.511 e. The second kappa shape index (κ2) is 8.05. The molecule has 0 spiro atoms. The van der Waals surface area contributed by atoms with Crippen molar-refractivity contribution in [2.24, 2.45) is 4.99 Å². The van der Waals surface area contributed by atoms with Crippen molar-refractivity contribution in [1.29, 1.82) is 0 Å². The number of ether oxygens (including phenoxy) is 1. The zero-order valence-electron chi connectivity index (χ0n) is 14.2. The van der Waals surface area contributed by atoms with Gasteiger partial charge in [0.2, 0.25) is 5.13 Å². The number of thiazole rings is 1. The third-order valence-electron chi connectivity index (χ3n) is 4.03. The second-order valence-corrected chi connectivity index (χ2v) is 6.63. The smallest absolute Gasteiger partial charge is 0.357 e. The van der Waals surface area contributed by atoms with E-state index in [2.05, 4.69) is 9.98 Å². The number of hydrogen-bond acceptors (Lipinski definition) is 7. The Labute approximate surface area is 154 Å². The van der Waals surface area contributed by atoms with Crippen molar-refractivity contribution in [3.05, 3.63) is 58.3 Å². The summed E-state index contributed by atoms with van der Waals surface area (Å²) in [7, 11) is 0. The molecule has 0 aliphatic heterocycles. The highest BCUT2D eigenvalue weighted by atomic mass is 32.1. The summed E-state index contributed by atoms with van der Waals surface area (Å²) in [5.41, 5.74) is 1.41. The Morgan fingerprint density at radius 2 is 2.15 bits per heavy atom. The van der Waals surface area contributed by atoms with Crippen molar-refractivity contribution in [1.82, 2.24) is 4.98 Å². The Bertz CT molecular complexity index is 871. The van der Waals surface area contributed by atoms with E-state index in [9.17, 15) is 14.7 Å². The molecule has 1 atom stereocenters. The SMILES string of the molecule is CCOC(=O)c1csc(/N=C/C2=C(O)CC(c3ccccc3)CC2=O)n1. The molecule has 1 unspecified atom stereocenters. The number of ketones is 1. The summed E-state index contributed by atoms with van der Waals surface area (Å²) in [5.74, 6) is -0.669. The van der Waals surface area contributed by atoms with E-state index in [0.717, 1.165) is 5.56 Å². The molecule has 1 heterocycles. The molecule has 2 aromatic rings. The van der Waals surface area contributed by atoms with Crippen molar-refractivity contribution in [3.8, 4) is 0 Å². The Morgan fingerprint density at radius 3 is 2.85 bits per heavy atom. The molecule has 3 rings (SSSR count). The molecule has 0 fully saturated rings. The van der Waals surface area contributed by atoms with Crippen LogP contribution < -0.4 is 0 Å². The molecular weight excluding hydrogens is 352 g/mol. The molecule has 26 heavy (non-hydrogen) atoms. The normalized spacial score (nSPS) is 17.7. The third-order valence-corrected chi connectivity index (χ3v) is 4.78. The molecule has 1 aromatic heterocycles. The summed E-state index contributed by atoms with van der Waals surface area (Å²) in [6.45, 7) is 1.99. The van der Waals surface area contributed by atoms with Gasteiger partial charge in [-0.05, 0) is 18.4 Å². The van der Waals surface area contributed by atoms with Crippen LogP contribution >= 0.6 is 11.3 Å². The van der Waals surface area contributed by atoms with Gasteiger partial charge in [0.15, 0.2) is 11.5 Å². The maximum atomic E-state index is 12.4. The molecule has 0 saturated carbocycles. The lowest BCUT2D eigenvalue weighted by Gasteiger charge is -2.22. The molecular formula is C19H18N2O4S. The molecule has 1 aromatic carbocycles. The van der Waals surface area contributed by atoms with Crippen LogP contribution in [0.15, 0.2) is 52.0 Å². The number of esters is 1. The summed E-state index contributed by atoms with van der Waals surface area (Å²) in [5, 5.41) is 12.2. The van der Waals surface area contributed by atoms with Crippen LogP contribution in [0.2, 0.25) is 0 Å². The fourth-order valence-corrected chi connectivity index (χ4v) is 3.39. The summed E-state index contributed by atoms with van der Waals surface area (Å²) in [6, 6.07) is 9.66. The maximum Gasteiger partial charge on any atom is 0.357 e. The molecule has 1 aliphatic rings. The van der Waals surface area contributed by atoms with Crippen molar-refractivity contribution >= 4 is 34.4 Å². The number of carbonyl (C=O) groups is 2. The molecule has 0 radical (unpaired) electrons. The number of aliphatic imine (C=N–C) groups is 1. The average molecular weight is 370 g/mol. The number of benzene rings is 1. The summed E-state index contributed by atoms with van der Waals surface area (Å²) < 4.78 is 4.87. The van der Waals surface area contributed by atoms with Gasteiger partial charge < -0.3 is 9.84 Å². The Balaban J connectivity index is 1.74. The summed E-state index contributed by atoms with van der Waals surface area (Å²) in [4.78, 5) is 32.2. The molecule has 6 nitrogen and oxygen atoms in total. The lowest BCUT2D eigenvalue weighted by atomic mass is 9.83. The average Bonchev–Trinajstić information content (AvgIpc) is 3.11. The highest BCUT2D eigenvalue weighted by molar-refractivity contribution is 7.13. The first-order valence-corrected chi connectivity index (χ1v) is 9.13. The Hall–Kier alpha value is -2.80. The molecule has 0 amide bonds. The molecule has 0 bridgehead atoms. The first kappa shape index (κ1) is 18.0. The topological polar surface area (TPSA) is 88.9 Å². The Morgan fingerprint density at radius 1 is 1.38 bits per heavy atom. The van der Waals surface area contributed by atoms with E-state index < -0.39 is 5.97 Å². The third kappa shape index (κ3) is 4.05. The number of hydrogen-bond donors (Lipinski definition) is 1. The van der Waals surface area contributed by atoms with Gasteiger partial charge in [0.1, 0.15) is 5.76 Å². The van der Waals surface area contributed by atoms with Crippen molar-refractivity contribution in [2.45, 2.75) is 25.7 Å². The maximum absolute atomic E-state index is 12.4. The number of Topliss-reactive ketones (excluding diaryl/α,β-unsaturated/α-hetero) is 1. The van der Waals surface area contributed by atoms with Gasteiger partial charge >= 0.3 is 5.97 Å². The number of nitrogens with zero attached hydrogens (tertiary/aromatic N) is 2. The van der Waals surface area contributed by atoms with Gasteiger partial charge in [-0.2, -0.15) is 0 Å². The largest absolute Gasteiger partial charge is 0.511 e. The Kier molecular flexibility index (Phi) is 5.58. The van der Waals surface area contributed by atoms with E-state index in [1.165, 1.54) is 17.6 Å². The van der Waals surface area contributed by atoms with E-state index in [0.29, 0.717) is 18.0 Å². The number of aliphatic hydroxyl groups excluding tert-OH is 1. The first-order chi connectivity index (χ1) is 12.6. The summed E-state index contributed by atoms with van der Waals surface area (Å²) >= 11 is 1.17. The van der Waals surface area contributed by atoms with E-state index in [4.69, 9.17) is 4.74 Å². The van der Waals surface area contributed by atoms with Crippen LogP contribution in [0.4, 0.5) is 5.13 Å². The van der Waals surface area contributed by atoms with Gasteiger partial charge in [-0.1, -0.05) is 30.3 Å². The van der Waals surface area contributed by atoms with Gasteiger partial charge in [-0.25, -0.2) is 14.8 Å². The van der Waals surface area contributed by atoms with Crippen molar-refractivity contribution in [2.75, 3.05) is 6.61 Å². The van der Waals surface area contributed by atoms with Crippen LogP contribution in [-0.4, -0.2) is 34.7 Å². The zero-order chi connectivity index (χ0) is 18.5. The van der Waals surface area contributed by atoms with Crippen molar-refractivity contribution < 1.29 is 19.4 Å². The van der Waals surface area contributed by atoms with Gasteiger partial charge in [-0.3, -0.25) is 4.79 Å². The standard InChI is InChI=1S/C19H18N2O4S/c1-2-25-18(24)15-11-26-19(21-15)20-10-14-16(22)8-13(9-17(14)23)12-6-4-3-5-7-12/h3-7,10-11,13,22H,2,8-9H2,1H3/b20-10+. The predicted molar refractivity (Wildman–Crippen MR) is 99.3 cm³/mol. The van der Waals surface area contributed by atoms with Gasteiger partial charge in [0, 0.05) is 24.4 Å². The van der Waals surface area contributed by atoms with Crippen molar-refractivity contribution in [3.63, 3.8) is 0 Å². The highest BCUT2D eigenvalue weighted by Crippen LogP contribution is 2.33. The fourth-order valence-electron chi connectivity index (χ4n) is 2.76. The molecule has 1 N–H and O–H groups in total. The minimum absolute atomic E-state index is 0.0287. The number of carbonyl (C=O) groups excluding carboxylic acids is 2. The first-order valence-electron chi connectivity index (χ1n) is 8.25. The van der Waals surface area contributed by atoms with Crippen LogP contribution in [0.1, 0.15) is 41.7 Å². The lowest BCUT2D eigenvalue weighted by molar-refractivity contribution is -0.116. The summed E-state index contributed by atoms with van der Waals surface area (Å²) in [6.07, 6.45) is 2.04. The van der Waals surface area contributed by atoms with E-state index in [1.807, 2.05) is 30.3 Å². The van der Waals surface area contributed by atoms with Gasteiger partial charge in [0.05, 0.1) is 12.2 Å². The molecule has 134 valence electrons. The highest BCUT2D eigenvalue weighted by Gasteiger charge is 2.27. The predicted octanol–water partition coefficient (Wildman–Crippen LogP) is 3.98. The number of aliphatic hydroxyl groups is 1. The van der Waals surface area contributed by atoms with E-state index >= 15 is 0 Å². The second-order valence-electron chi connectivity index (χ2n) is 5.79. The molecule has 7 heteroatoms. The zero-order valence-corrected chi connectivity index (χ0v) is 15.0. The van der Waals surface area contributed by atoms with Crippen LogP contribution in [0.5, 0.6) is 0 Å². The minimum atomic E-state index is -0.508. The number of aromatic nitrogens is 1. The fraction of sp³-hybridized carbons (Fsp3) is 0.263. The lowest BCUT2D eigenvalue weighted by Crippen LogP contribution is -2.19. The monoisotopic (exact) mass is 370 g/mol. The van der Waals surface area contributed by atoms with Gasteiger partial charge in [0.25, 0.3) is 0 Å². The molecule has 0 saturated heterocycles. The van der Waals surface area contributed by atoms with Crippen LogP contribution in [0.3, 0.4) is 0 Å². The molecule has 1 aliphatic carbocycles.